The lowest BCUT2D eigenvalue weighted by Gasteiger charge is -2.39. The minimum atomic E-state index is 0.518. The molecule has 1 fully saturated rings. The Kier molecular flexibility index (Phi) is 4.70. The number of rotatable bonds is 2. The second-order valence-electron chi connectivity index (χ2n) is 6.67. The van der Waals surface area contributed by atoms with Gasteiger partial charge in [0.25, 0.3) is 0 Å². The van der Waals surface area contributed by atoms with E-state index >= 15 is 0 Å². The molecule has 0 aromatic rings. The first-order valence-electron chi connectivity index (χ1n) is 6.46. The van der Waals surface area contributed by atoms with Crippen LogP contribution in [0.5, 0.6) is 0 Å². The molecule has 0 aromatic carbocycles. The van der Waals surface area contributed by atoms with Crippen molar-refractivity contribution >= 4 is 15.9 Å². The highest BCUT2D eigenvalue weighted by Crippen LogP contribution is 2.42. The molecule has 1 unspecified atom stereocenters. The van der Waals surface area contributed by atoms with Gasteiger partial charge in [0, 0.05) is 4.83 Å². The fourth-order valence-electron chi connectivity index (χ4n) is 2.85. The zero-order valence-electron chi connectivity index (χ0n) is 11.0. The summed E-state index contributed by atoms with van der Waals surface area (Å²) in [5.74, 6) is 2.64. The topological polar surface area (TPSA) is 0 Å². The molecule has 0 heterocycles. The third-order valence-corrected chi connectivity index (χ3v) is 5.89. The third-order valence-electron chi connectivity index (χ3n) is 4.08. The van der Waals surface area contributed by atoms with Gasteiger partial charge in [0.15, 0.2) is 0 Å². The van der Waals surface area contributed by atoms with E-state index in [4.69, 9.17) is 0 Å². The maximum Gasteiger partial charge on any atom is 0.0197 e. The molecule has 90 valence electrons. The Morgan fingerprint density at radius 3 is 1.80 bits per heavy atom. The highest BCUT2D eigenvalue weighted by Gasteiger charge is 2.32. The van der Waals surface area contributed by atoms with Gasteiger partial charge in [0.2, 0.25) is 0 Å². The van der Waals surface area contributed by atoms with Crippen LogP contribution in [0.4, 0.5) is 0 Å². The highest BCUT2D eigenvalue weighted by molar-refractivity contribution is 9.09. The zero-order valence-corrected chi connectivity index (χ0v) is 12.6. The van der Waals surface area contributed by atoms with Gasteiger partial charge in [-0.25, -0.2) is 0 Å². The SMILES string of the molecule is CC(C)C(Br)C1CCC(C(C)(C)C)CC1. The molecule has 0 saturated heterocycles. The molecule has 0 amide bonds. The maximum atomic E-state index is 3.87. The predicted molar refractivity (Wildman–Crippen MR) is 72.5 cm³/mol. The van der Waals surface area contributed by atoms with Crippen LogP contribution in [0, 0.1) is 23.2 Å². The Labute approximate surface area is 104 Å². The molecule has 1 saturated carbocycles. The van der Waals surface area contributed by atoms with Crippen molar-refractivity contribution in [1.29, 1.82) is 0 Å². The van der Waals surface area contributed by atoms with Gasteiger partial charge in [-0.15, -0.1) is 0 Å². The summed E-state index contributed by atoms with van der Waals surface area (Å²) < 4.78 is 0. The standard InChI is InChI=1S/C14H27Br/c1-10(2)13(15)11-6-8-12(9-7-11)14(3,4)5/h10-13H,6-9H2,1-5H3. The van der Waals surface area contributed by atoms with Crippen LogP contribution in [-0.4, -0.2) is 4.83 Å². The fourth-order valence-corrected chi connectivity index (χ4v) is 3.38. The summed E-state index contributed by atoms with van der Waals surface area (Å²) in [6.45, 7) is 11.8. The van der Waals surface area contributed by atoms with Crippen molar-refractivity contribution in [3.05, 3.63) is 0 Å². The predicted octanol–water partition coefficient (Wildman–Crippen LogP) is 5.26. The Morgan fingerprint density at radius 2 is 1.47 bits per heavy atom. The van der Waals surface area contributed by atoms with Crippen LogP contribution >= 0.6 is 15.9 Å². The lowest BCUT2D eigenvalue weighted by molar-refractivity contribution is 0.144. The number of halogens is 1. The lowest BCUT2D eigenvalue weighted by Crippen LogP contribution is -2.30. The van der Waals surface area contributed by atoms with Gasteiger partial charge in [0.1, 0.15) is 0 Å². The van der Waals surface area contributed by atoms with Gasteiger partial charge in [-0.3, -0.25) is 0 Å². The number of hydrogen-bond donors (Lipinski definition) is 0. The van der Waals surface area contributed by atoms with Crippen LogP contribution in [0.15, 0.2) is 0 Å². The zero-order chi connectivity index (χ0) is 11.6. The monoisotopic (exact) mass is 274 g/mol. The Morgan fingerprint density at radius 1 is 1.00 bits per heavy atom. The summed E-state index contributed by atoms with van der Waals surface area (Å²) >= 11 is 3.87. The molecular weight excluding hydrogens is 248 g/mol. The molecule has 0 nitrogen and oxygen atoms in total. The normalized spacial score (nSPS) is 30.6. The van der Waals surface area contributed by atoms with Crippen molar-refractivity contribution in [3.8, 4) is 0 Å². The van der Waals surface area contributed by atoms with Crippen LogP contribution in [0.2, 0.25) is 0 Å². The van der Waals surface area contributed by atoms with Crippen molar-refractivity contribution in [2.45, 2.75) is 65.1 Å². The van der Waals surface area contributed by atoms with Gasteiger partial charge in [-0.1, -0.05) is 50.5 Å². The summed E-state index contributed by atoms with van der Waals surface area (Å²) in [6, 6.07) is 0. The van der Waals surface area contributed by atoms with Gasteiger partial charge < -0.3 is 0 Å². The summed E-state index contributed by atoms with van der Waals surface area (Å²) in [5.41, 5.74) is 0.518. The van der Waals surface area contributed by atoms with Crippen LogP contribution in [-0.2, 0) is 0 Å². The lowest BCUT2D eigenvalue weighted by atomic mass is 9.69. The summed E-state index contributed by atoms with van der Waals surface area (Å²) in [4.78, 5) is 0.735. The van der Waals surface area contributed by atoms with Gasteiger partial charge in [-0.2, -0.15) is 0 Å². The van der Waals surface area contributed by atoms with E-state index in [1.165, 1.54) is 25.7 Å². The van der Waals surface area contributed by atoms with Crippen molar-refractivity contribution in [2.24, 2.45) is 23.2 Å². The molecule has 0 bridgehead atoms. The molecule has 0 N–H and O–H groups in total. The number of hydrogen-bond acceptors (Lipinski definition) is 0. The number of alkyl halides is 1. The Hall–Kier alpha value is 0.480. The summed E-state index contributed by atoms with van der Waals surface area (Å²) in [7, 11) is 0. The third kappa shape index (κ3) is 3.76. The van der Waals surface area contributed by atoms with Gasteiger partial charge >= 0.3 is 0 Å². The quantitative estimate of drug-likeness (QED) is 0.603. The molecule has 1 atom stereocenters. The van der Waals surface area contributed by atoms with Crippen LogP contribution in [0.1, 0.15) is 60.3 Å². The van der Waals surface area contributed by atoms with Gasteiger partial charge in [-0.05, 0) is 48.9 Å². The first kappa shape index (κ1) is 13.5. The summed E-state index contributed by atoms with van der Waals surface area (Å²) in [5, 5.41) is 0. The molecule has 1 rings (SSSR count). The molecule has 0 aliphatic heterocycles. The first-order valence-corrected chi connectivity index (χ1v) is 7.38. The van der Waals surface area contributed by atoms with E-state index in [0.717, 1.165) is 22.6 Å². The van der Waals surface area contributed by atoms with Crippen molar-refractivity contribution < 1.29 is 0 Å². The Bertz CT molecular complexity index is 182. The smallest absolute Gasteiger partial charge is 0.0197 e. The average Bonchev–Trinajstić information content (AvgIpc) is 2.15. The van der Waals surface area contributed by atoms with E-state index in [9.17, 15) is 0 Å². The molecule has 0 spiro atoms. The highest BCUT2D eigenvalue weighted by atomic mass is 79.9. The average molecular weight is 275 g/mol. The van der Waals surface area contributed by atoms with Crippen LogP contribution < -0.4 is 0 Å². The van der Waals surface area contributed by atoms with Crippen LogP contribution in [0.3, 0.4) is 0 Å². The van der Waals surface area contributed by atoms with E-state index in [2.05, 4.69) is 50.5 Å². The molecular formula is C14H27Br. The molecule has 15 heavy (non-hydrogen) atoms. The van der Waals surface area contributed by atoms with E-state index in [1.807, 2.05) is 0 Å². The molecule has 0 radical (unpaired) electrons. The van der Waals surface area contributed by atoms with Crippen molar-refractivity contribution in [3.63, 3.8) is 0 Å². The van der Waals surface area contributed by atoms with Crippen LogP contribution in [0.25, 0.3) is 0 Å². The van der Waals surface area contributed by atoms with Gasteiger partial charge in [0.05, 0.1) is 0 Å². The maximum absolute atomic E-state index is 3.87. The Balaban J connectivity index is 2.42. The second-order valence-corrected chi connectivity index (χ2v) is 7.72. The van der Waals surface area contributed by atoms with E-state index in [0.29, 0.717) is 5.41 Å². The minimum Gasteiger partial charge on any atom is -0.0885 e. The molecule has 1 aliphatic carbocycles. The molecule has 0 aromatic heterocycles. The fraction of sp³-hybridized carbons (Fsp3) is 1.00. The minimum absolute atomic E-state index is 0.518. The van der Waals surface area contributed by atoms with E-state index in [-0.39, 0.29) is 0 Å². The van der Waals surface area contributed by atoms with E-state index < -0.39 is 0 Å². The summed E-state index contributed by atoms with van der Waals surface area (Å²) in [6.07, 6.45) is 5.72. The first-order chi connectivity index (χ1) is 6.82. The van der Waals surface area contributed by atoms with Crippen molar-refractivity contribution in [1.82, 2.24) is 0 Å². The van der Waals surface area contributed by atoms with Crippen molar-refractivity contribution in [2.75, 3.05) is 0 Å². The van der Waals surface area contributed by atoms with E-state index in [1.54, 1.807) is 0 Å². The molecule has 1 aliphatic rings. The largest absolute Gasteiger partial charge is 0.0885 e. The second kappa shape index (κ2) is 5.21. The molecule has 1 heteroatoms.